The smallest absolute Gasteiger partial charge is 0.338 e. The van der Waals surface area contributed by atoms with Crippen LogP contribution in [0.3, 0.4) is 0 Å². The van der Waals surface area contributed by atoms with E-state index in [1.54, 1.807) is 5.57 Å². The van der Waals surface area contributed by atoms with E-state index in [9.17, 15) is 4.79 Å². The molecular formula is C34H50O2. The van der Waals surface area contributed by atoms with Gasteiger partial charge in [0.2, 0.25) is 0 Å². The highest BCUT2D eigenvalue weighted by Crippen LogP contribution is 2.66. The number of allylic oxidation sites excluding steroid dienone is 1. The first kappa shape index (κ1) is 26.1. The monoisotopic (exact) mass is 490 g/mol. The number of hydrogen-bond acceptors (Lipinski definition) is 2. The number of carbonyl (C=O) groups excluding carboxylic acids is 1. The van der Waals surface area contributed by atoms with Gasteiger partial charge in [-0.25, -0.2) is 4.79 Å². The van der Waals surface area contributed by atoms with E-state index < -0.39 is 0 Å². The number of hydrogen-bond donors (Lipinski definition) is 0. The van der Waals surface area contributed by atoms with Crippen molar-refractivity contribution in [3.05, 3.63) is 47.5 Å². The minimum absolute atomic E-state index is 0.0376. The highest BCUT2D eigenvalue weighted by Gasteiger charge is 2.58. The molecule has 198 valence electrons. The SMILES string of the molecule is CCCCCCCCC1CCC2C3CC=C4CC(OC(=O)c5ccccc5)CCC4(C)C3CCC12C. The molecule has 0 amide bonds. The molecule has 7 unspecified atom stereocenters. The maximum Gasteiger partial charge on any atom is 0.338 e. The number of carbonyl (C=O) groups is 1. The van der Waals surface area contributed by atoms with Crippen molar-refractivity contribution in [2.24, 2.45) is 34.5 Å². The third-order valence-corrected chi connectivity index (χ3v) is 11.4. The van der Waals surface area contributed by atoms with Gasteiger partial charge >= 0.3 is 5.97 Å². The molecule has 1 aromatic carbocycles. The van der Waals surface area contributed by atoms with Gasteiger partial charge in [-0.1, -0.05) is 89.1 Å². The summed E-state index contributed by atoms with van der Waals surface area (Å²) >= 11 is 0. The second-order valence-corrected chi connectivity index (χ2v) is 13.3. The van der Waals surface area contributed by atoms with E-state index in [1.807, 2.05) is 30.3 Å². The number of benzene rings is 1. The van der Waals surface area contributed by atoms with Gasteiger partial charge in [-0.3, -0.25) is 0 Å². The van der Waals surface area contributed by atoms with E-state index in [-0.39, 0.29) is 12.1 Å². The van der Waals surface area contributed by atoms with Crippen LogP contribution in [0.2, 0.25) is 0 Å². The molecule has 3 fully saturated rings. The molecule has 0 aromatic heterocycles. The fraction of sp³-hybridized carbons (Fsp3) is 0.735. The predicted molar refractivity (Wildman–Crippen MR) is 149 cm³/mol. The molecule has 5 rings (SSSR count). The van der Waals surface area contributed by atoms with Crippen LogP contribution in [0.25, 0.3) is 0 Å². The Morgan fingerprint density at radius 3 is 2.50 bits per heavy atom. The summed E-state index contributed by atoms with van der Waals surface area (Å²) in [4.78, 5) is 12.7. The van der Waals surface area contributed by atoms with Crippen molar-refractivity contribution in [1.29, 1.82) is 0 Å². The Kier molecular flexibility index (Phi) is 7.99. The largest absolute Gasteiger partial charge is 0.458 e. The fourth-order valence-corrected chi connectivity index (χ4v) is 9.28. The number of fused-ring (bicyclic) bond motifs is 5. The quantitative estimate of drug-likeness (QED) is 0.196. The van der Waals surface area contributed by atoms with E-state index in [1.165, 1.54) is 83.5 Å². The molecule has 2 heteroatoms. The molecule has 0 radical (unpaired) electrons. The van der Waals surface area contributed by atoms with Crippen molar-refractivity contribution < 1.29 is 9.53 Å². The zero-order chi connectivity index (χ0) is 25.2. The molecule has 0 N–H and O–H groups in total. The summed E-state index contributed by atoms with van der Waals surface area (Å²) in [7, 11) is 0. The molecule has 7 atom stereocenters. The summed E-state index contributed by atoms with van der Waals surface area (Å²) in [6.45, 7) is 7.56. The molecule has 3 saturated carbocycles. The first-order chi connectivity index (χ1) is 17.5. The summed E-state index contributed by atoms with van der Waals surface area (Å²) in [5.74, 6) is 3.42. The van der Waals surface area contributed by atoms with Crippen molar-refractivity contribution in [2.45, 2.75) is 123 Å². The number of rotatable bonds is 9. The van der Waals surface area contributed by atoms with Crippen LogP contribution >= 0.6 is 0 Å². The van der Waals surface area contributed by atoms with E-state index >= 15 is 0 Å². The minimum atomic E-state index is -0.158. The molecule has 0 spiro atoms. The highest BCUT2D eigenvalue weighted by atomic mass is 16.5. The van der Waals surface area contributed by atoms with Gasteiger partial charge in [0, 0.05) is 6.42 Å². The van der Waals surface area contributed by atoms with Crippen LogP contribution in [0.15, 0.2) is 42.0 Å². The molecule has 4 aliphatic carbocycles. The Balaban J connectivity index is 1.20. The standard InChI is InChI=1S/C34H50O2/c1-4-5-6-7-8-12-15-26-17-19-30-29-18-16-27-24-28(36-32(35)25-13-10-9-11-14-25)20-22-34(27,3)31(29)21-23-33(26,30)2/h9-11,13-14,16,26,28-31H,4-8,12,15,17-24H2,1-3H3. The number of ether oxygens (including phenoxy) is 1. The lowest BCUT2D eigenvalue weighted by molar-refractivity contribution is -0.0536. The van der Waals surface area contributed by atoms with Crippen molar-refractivity contribution in [1.82, 2.24) is 0 Å². The molecule has 4 aliphatic rings. The third-order valence-electron chi connectivity index (χ3n) is 11.4. The zero-order valence-corrected chi connectivity index (χ0v) is 23.3. The Morgan fingerprint density at radius 1 is 0.917 bits per heavy atom. The summed E-state index contributed by atoms with van der Waals surface area (Å²) in [5, 5.41) is 0. The molecule has 1 aromatic rings. The van der Waals surface area contributed by atoms with E-state index in [4.69, 9.17) is 4.74 Å². The average molecular weight is 491 g/mol. The van der Waals surface area contributed by atoms with Crippen LogP contribution in [0.4, 0.5) is 0 Å². The second-order valence-electron chi connectivity index (χ2n) is 13.3. The van der Waals surface area contributed by atoms with Crippen molar-refractivity contribution in [2.75, 3.05) is 0 Å². The van der Waals surface area contributed by atoms with Gasteiger partial charge in [-0.05, 0) is 98.0 Å². The van der Waals surface area contributed by atoms with Crippen LogP contribution in [0.5, 0.6) is 0 Å². The molecular weight excluding hydrogens is 440 g/mol. The van der Waals surface area contributed by atoms with Gasteiger partial charge < -0.3 is 4.74 Å². The summed E-state index contributed by atoms with van der Waals surface area (Å²) < 4.78 is 6.00. The Labute approximate surface area is 220 Å². The molecule has 2 nitrogen and oxygen atoms in total. The van der Waals surface area contributed by atoms with Gasteiger partial charge in [0.1, 0.15) is 6.10 Å². The topological polar surface area (TPSA) is 26.3 Å². The molecule has 36 heavy (non-hydrogen) atoms. The summed E-state index contributed by atoms with van der Waals surface area (Å²) in [5.41, 5.74) is 3.17. The van der Waals surface area contributed by atoms with Crippen molar-refractivity contribution >= 4 is 5.97 Å². The minimum Gasteiger partial charge on any atom is -0.458 e. The van der Waals surface area contributed by atoms with Crippen molar-refractivity contribution in [3.8, 4) is 0 Å². The molecule has 0 saturated heterocycles. The Morgan fingerprint density at radius 2 is 1.69 bits per heavy atom. The van der Waals surface area contributed by atoms with Gasteiger partial charge in [0.25, 0.3) is 0 Å². The maximum atomic E-state index is 12.7. The van der Waals surface area contributed by atoms with E-state index in [0.29, 0.717) is 16.4 Å². The first-order valence-electron chi connectivity index (χ1n) is 15.4. The van der Waals surface area contributed by atoms with Crippen LogP contribution in [-0.4, -0.2) is 12.1 Å². The molecule has 0 aliphatic heterocycles. The second kappa shape index (κ2) is 11.0. The maximum absolute atomic E-state index is 12.7. The number of unbranched alkanes of at least 4 members (excludes halogenated alkanes) is 5. The van der Waals surface area contributed by atoms with Crippen LogP contribution in [-0.2, 0) is 4.74 Å². The summed E-state index contributed by atoms with van der Waals surface area (Å²) in [6.07, 6.45) is 22.9. The van der Waals surface area contributed by atoms with Gasteiger partial charge in [-0.15, -0.1) is 0 Å². The van der Waals surface area contributed by atoms with Gasteiger partial charge in [0.05, 0.1) is 5.56 Å². The van der Waals surface area contributed by atoms with Gasteiger partial charge in [0.15, 0.2) is 0 Å². The lowest BCUT2D eigenvalue weighted by atomic mass is 9.47. The highest BCUT2D eigenvalue weighted by molar-refractivity contribution is 5.89. The van der Waals surface area contributed by atoms with Crippen molar-refractivity contribution in [3.63, 3.8) is 0 Å². The third kappa shape index (κ3) is 4.95. The Hall–Kier alpha value is -1.57. The number of esters is 1. The van der Waals surface area contributed by atoms with E-state index in [0.717, 1.165) is 36.5 Å². The summed E-state index contributed by atoms with van der Waals surface area (Å²) in [6, 6.07) is 9.50. The van der Waals surface area contributed by atoms with Gasteiger partial charge in [-0.2, -0.15) is 0 Å². The fourth-order valence-electron chi connectivity index (χ4n) is 9.28. The first-order valence-corrected chi connectivity index (χ1v) is 15.4. The predicted octanol–water partition coefficient (Wildman–Crippen LogP) is 9.54. The lowest BCUT2D eigenvalue weighted by Crippen LogP contribution is -2.50. The average Bonchev–Trinajstić information content (AvgIpc) is 3.23. The lowest BCUT2D eigenvalue weighted by Gasteiger charge is -2.58. The molecule has 0 bridgehead atoms. The van der Waals surface area contributed by atoms with Crippen LogP contribution < -0.4 is 0 Å². The zero-order valence-electron chi connectivity index (χ0n) is 23.3. The normalized spacial score (nSPS) is 37.4. The van der Waals surface area contributed by atoms with Crippen LogP contribution in [0.1, 0.15) is 127 Å². The van der Waals surface area contributed by atoms with Crippen LogP contribution in [0, 0.1) is 34.5 Å². The van der Waals surface area contributed by atoms with E-state index in [2.05, 4.69) is 26.8 Å². The molecule has 0 heterocycles. The Bertz CT molecular complexity index is 918.